The Bertz CT molecular complexity index is 589. The summed E-state index contributed by atoms with van der Waals surface area (Å²) in [7, 11) is 0. The number of rotatable bonds is 4. The summed E-state index contributed by atoms with van der Waals surface area (Å²) in [5.74, 6) is 0.414. The Morgan fingerprint density at radius 1 is 1.40 bits per heavy atom. The van der Waals surface area contributed by atoms with Crippen LogP contribution in [0, 0.1) is 19.8 Å². The lowest BCUT2D eigenvalue weighted by molar-refractivity contribution is 0.0694. The molecule has 3 rings (SSSR count). The second-order valence-corrected chi connectivity index (χ2v) is 7.09. The summed E-state index contributed by atoms with van der Waals surface area (Å²) in [6.07, 6.45) is 6.58. The average molecular weight is 293 g/mol. The summed E-state index contributed by atoms with van der Waals surface area (Å²) < 4.78 is 2.19. The van der Waals surface area contributed by atoms with Crippen LogP contribution in [0.3, 0.4) is 0 Å². The molecule has 2 atom stereocenters. The van der Waals surface area contributed by atoms with Crippen molar-refractivity contribution in [3.63, 3.8) is 0 Å². The van der Waals surface area contributed by atoms with Gasteiger partial charge in [0.15, 0.2) is 4.96 Å². The van der Waals surface area contributed by atoms with Crippen LogP contribution in [0.5, 0.6) is 0 Å². The fourth-order valence-electron chi connectivity index (χ4n) is 3.12. The molecule has 0 bridgehead atoms. The Labute approximate surface area is 123 Å². The number of hydrogen-bond acceptors (Lipinski definition) is 4. The SMILES string of the molecule is Cc1cn2c(CNCC3CCCCC3O)c(C)nc2s1. The van der Waals surface area contributed by atoms with Crippen LogP contribution in [0.1, 0.15) is 41.9 Å². The number of aliphatic hydroxyl groups is 1. The van der Waals surface area contributed by atoms with Crippen molar-refractivity contribution in [1.82, 2.24) is 14.7 Å². The molecule has 1 aliphatic carbocycles. The molecule has 2 N–H and O–H groups in total. The van der Waals surface area contributed by atoms with Crippen molar-refractivity contribution < 1.29 is 5.11 Å². The first-order valence-corrected chi connectivity index (χ1v) is 8.29. The second kappa shape index (κ2) is 5.84. The monoisotopic (exact) mass is 293 g/mol. The molecule has 1 saturated carbocycles. The van der Waals surface area contributed by atoms with Gasteiger partial charge in [-0.05, 0) is 32.6 Å². The summed E-state index contributed by atoms with van der Waals surface area (Å²) in [5, 5.41) is 13.5. The van der Waals surface area contributed by atoms with Crippen molar-refractivity contribution in [2.45, 2.75) is 52.2 Å². The van der Waals surface area contributed by atoms with Gasteiger partial charge in [0.2, 0.25) is 0 Å². The van der Waals surface area contributed by atoms with Gasteiger partial charge in [-0.25, -0.2) is 4.98 Å². The van der Waals surface area contributed by atoms with Gasteiger partial charge in [-0.2, -0.15) is 0 Å². The number of thiazole rings is 1. The number of aliphatic hydroxyl groups excluding tert-OH is 1. The molecular weight excluding hydrogens is 270 g/mol. The molecule has 0 amide bonds. The number of fused-ring (bicyclic) bond motifs is 1. The molecule has 20 heavy (non-hydrogen) atoms. The molecule has 2 unspecified atom stereocenters. The Hall–Kier alpha value is -0.910. The van der Waals surface area contributed by atoms with Gasteiger partial charge in [-0.1, -0.05) is 12.8 Å². The van der Waals surface area contributed by atoms with E-state index in [1.54, 1.807) is 11.3 Å². The van der Waals surface area contributed by atoms with Gasteiger partial charge in [-0.3, -0.25) is 4.40 Å². The van der Waals surface area contributed by atoms with Crippen LogP contribution in [-0.2, 0) is 6.54 Å². The van der Waals surface area contributed by atoms with E-state index in [4.69, 9.17) is 0 Å². The maximum atomic E-state index is 10.00. The number of imidazole rings is 1. The first kappa shape index (κ1) is 14.0. The van der Waals surface area contributed by atoms with Gasteiger partial charge < -0.3 is 10.4 Å². The molecule has 2 aromatic rings. The van der Waals surface area contributed by atoms with Crippen LogP contribution in [0.15, 0.2) is 6.20 Å². The summed E-state index contributed by atoms with van der Waals surface area (Å²) in [6, 6.07) is 0. The average Bonchev–Trinajstić information content (AvgIpc) is 2.89. The zero-order valence-electron chi connectivity index (χ0n) is 12.2. The summed E-state index contributed by atoms with van der Waals surface area (Å²) in [5.41, 5.74) is 2.35. The van der Waals surface area contributed by atoms with Gasteiger partial charge in [-0.15, -0.1) is 11.3 Å². The lowest BCUT2D eigenvalue weighted by Crippen LogP contribution is -2.33. The zero-order valence-corrected chi connectivity index (χ0v) is 13.0. The smallest absolute Gasteiger partial charge is 0.194 e. The van der Waals surface area contributed by atoms with Gasteiger partial charge in [0.05, 0.1) is 17.5 Å². The van der Waals surface area contributed by atoms with Crippen molar-refractivity contribution in [3.05, 3.63) is 22.5 Å². The predicted octanol–water partition coefficient (Wildman–Crippen LogP) is 2.65. The lowest BCUT2D eigenvalue weighted by atomic mass is 9.86. The van der Waals surface area contributed by atoms with Crippen LogP contribution in [0.25, 0.3) is 4.96 Å². The minimum atomic E-state index is -0.119. The molecule has 2 aromatic heterocycles. The largest absolute Gasteiger partial charge is 0.393 e. The standard InChI is InChI=1S/C15H23N3OS/c1-10-9-18-13(11(2)17-15(18)20-10)8-16-7-12-5-3-4-6-14(12)19/h9,12,14,16,19H,3-8H2,1-2H3. The van der Waals surface area contributed by atoms with Gasteiger partial charge in [0, 0.05) is 24.2 Å². The van der Waals surface area contributed by atoms with Crippen molar-refractivity contribution >= 4 is 16.3 Å². The Morgan fingerprint density at radius 3 is 3.00 bits per heavy atom. The normalized spacial score (nSPS) is 23.6. The molecule has 1 fully saturated rings. The van der Waals surface area contributed by atoms with Crippen LogP contribution in [0.4, 0.5) is 0 Å². The molecule has 110 valence electrons. The highest BCUT2D eigenvalue weighted by Gasteiger charge is 2.22. The van der Waals surface area contributed by atoms with E-state index in [0.717, 1.165) is 36.6 Å². The highest BCUT2D eigenvalue weighted by atomic mass is 32.1. The molecule has 0 radical (unpaired) electrons. The number of nitrogens with one attached hydrogen (secondary N) is 1. The topological polar surface area (TPSA) is 49.6 Å². The van der Waals surface area contributed by atoms with Gasteiger partial charge in [0.25, 0.3) is 0 Å². The van der Waals surface area contributed by atoms with E-state index < -0.39 is 0 Å². The summed E-state index contributed by atoms with van der Waals surface area (Å²) in [4.78, 5) is 6.97. The van der Waals surface area contributed by atoms with Crippen molar-refractivity contribution in [2.75, 3.05) is 6.54 Å². The highest BCUT2D eigenvalue weighted by molar-refractivity contribution is 7.17. The van der Waals surface area contributed by atoms with Crippen molar-refractivity contribution in [1.29, 1.82) is 0 Å². The Morgan fingerprint density at radius 2 is 2.20 bits per heavy atom. The minimum Gasteiger partial charge on any atom is -0.393 e. The summed E-state index contributed by atoms with van der Waals surface area (Å²) >= 11 is 1.73. The van der Waals surface area contributed by atoms with Gasteiger partial charge in [0.1, 0.15) is 0 Å². The molecule has 0 aliphatic heterocycles. The van der Waals surface area contributed by atoms with E-state index in [0.29, 0.717) is 5.92 Å². The highest BCUT2D eigenvalue weighted by Crippen LogP contribution is 2.24. The number of aromatic nitrogens is 2. The number of hydrogen-bond donors (Lipinski definition) is 2. The second-order valence-electron chi connectivity index (χ2n) is 5.88. The van der Waals surface area contributed by atoms with E-state index in [1.165, 1.54) is 23.4 Å². The molecule has 4 nitrogen and oxygen atoms in total. The molecule has 0 aromatic carbocycles. The third-order valence-electron chi connectivity index (χ3n) is 4.31. The van der Waals surface area contributed by atoms with Crippen molar-refractivity contribution in [3.8, 4) is 0 Å². The molecular formula is C15H23N3OS. The van der Waals surface area contributed by atoms with Crippen LogP contribution in [0.2, 0.25) is 0 Å². The fourth-order valence-corrected chi connectivity index (χ4v) is 4.01. The van der Waals surface area contributed by atoms with E-state index in [2.05, 4.69) is 34.7 Å². The van der Waals surface area contributed by atoms with E-state index in [1.807, 2.05) is 0 Å². The minimum absolute atomic E-state index is 0.119. The Balaban J connectivity index is 1.63. The van der Waals surface area contributed by atoms with E-state index in [-0.39, 0.29) is 6.10 Å². The lowest BCUT2D eigenvalue weighted by Gasteiger charge is -2.27. The fraction of sp³-hybridized carbons (Fsp3) is 0.667. The Kier molecular flexibility index (Phi) is 4.10. The maximum Gasteiger partial charge on any atom is 0.194 e. The van der Waals surface area contributed by atoms with Crippen LogP contribution in [-0.4, -0.2) is 27.1 Å². The molecule has 1 aliphatic rings. The quantitative estimate of drug-likeness (QED) is 0.911. The third-order valence-corrected chi connectivity index (χ3v) is 5.21. The predicted molar refractivity (Wildman–Crippen MR) is 82.2 cm³/mol. The van der Waals surface area contributed by atoms with Crippen LogP contribution >= 0.6 is 11.3 Å². The van der Waals surface area contributed by atoms with E-state index >= 15 is 0 Å². The number of aryl methyl sites for hydroxylation is 2. The number of nitrogens with zero attached hydrogens (tertiary/aromatic N) is 2. The van der Waals surface area contributed by atoms with Crippen molar-refractivity contribution in [2.24, 2.45) is 5.92 Å². The maximum absolute atomic E-state index is 10.00. The van der Waals surface area contributed by atoms with E-state index in [9.17, 15) is 5.11 Å². The first-order chi connectivity index (χ1) is 9.65. The van der Waals surface area contributed by atoms with Crippen LogP contribution < -0.4 is 5.32 Å². The molecule has 5 heteroatoms. The summed E-state index contributed by atoms with van der Waals surface area (Å²) in [6.45, 7) is 5.91. The zero-order chi connectivity index (χ0) is 14.1. The molecule has 0 saturated heterocycles. The molecule has 0 spiro atoms. The third kappa shape index (κ3) is 2.75. The molecule has 2 heterocycles. The first-order valence-electron chi connectivity index (χ1n) is 7.48. The van der Waals surface area contributed by atoms with Gasteiger partial charge >= 0.3 is 0 Å².